The molecule has 0 radical (unpaired) electrons. The van der Waals surface area contributed by atoms with Gasteiger partial charge in [0.2, 0.25) is 0 Å². The van der Waals surface area contributed by atoms with E-state index in [0.29, 0.717) is 12.3 Å². The second kappa shape index (κ2) is 9.77. The molecular weight excluding hydrogens is 398 g/mol. The molecule has 0 atom stereocenters. The second-order valence-electron chi connectivity index (χ2n) is 5.47. The second-order valence-corrected chi connectivity index (χ2v) is 6.33. The van der Waals surface area contributed by atoms with Gasteiger partial charge in [-0.3, -0.25) is 4.79 Å². The van der Waals surface area contributed by atoms with E-state index in [4.69, 9.17) is 9.47 Å². The van der Waals surface area contributed by atoms with Gasteiger partial charge in [-0.25, -0.2) is 4.79 Å². The Morgan fingerprint density at radius 3 is 2.54 bits per heavy atom. The van der Waals surface area contributed by atoms with E-state index in [1.54, 1.807) is 12.1 Å². The Balaban J connectivity index is 1.81. The molecule has 0 aliphatic heterocycles. The van der Waals surface area contributed by atoms with Crippen LogP contribution in [-0.2, 0) is 14.3 Å². The Morgan fingerprint density at radius 2 is 1.88 bits per heavy atom. The van der Waals surface area contributed by atoms with Crippen molar-refractivity contribution < 1.29 is 19.1 Å². The maximum atomic E-state index is 11.9. The van der Waals surface area contributed by atoms with E-state index in [1.807, 2.05) is 50.2 Å². The lowest BCUT2D eigenvalue weighted by molar-refractivity contribution is -0.142. The van der Waals surface area contributed by atoms with Gasteiger partial charge >= 0.3 is 5.97 Å². The van der Waals surface area contributed by atoms with E-state index >= 15 is 0 Å². The van der Waals surface area contributed by atoms with E-state index in [0.717, 1.165) is 21.3 Å². The number of ether oxygens (including phenoxy) is 2. The van der Waals surface area contributed by atoms with Crippen molar-refractivity contribution in [2.45, 2.75) is 13.8 Å². The zero-order valence-corrected chi connectivity index (χ0v) is 16.2. The number of benzene rings is 2. The third-order valence-corrected chi connectivity index (χ3v) is 4.00. The number of carbonyl (C=O) groups is 2. The maximum Gasteiger partial charge on any atom is 0.331 e. The highest BCUT2D eigenvalue weighted by Crippen LogP contribution is 2.23. The van der Waals surface area contributed by atoms with Crippen LogP contribution in [0.15, 0.2) is 53.0 Å². The Hall–Kier alpha value is -2.60. The molecule has 0 unspecified atom stereocenters. The van der Waals surface area contributed by atoms with Gasteiger partial charge in [0, 0.05) is 10.5 Å². The fraction of sp³-hybridized carbons (Fsp3) is 0.200. The van der Waals surface area contributed by atoms with Crippen molar-refractivity contribution in [3.63, 3.8) is 0 Å². The number of nitrogens with one attached hydrogen (secondary N) is 1. The van der Waals surface area contributed by atoms with Crippen LogP contribution < -0.4 is 10.1 Å². The van der Waals surface area contributed by atoms with Crippen LogP contribution in [0, 0.1) is 6.92 Å². The number of halogens is 1. The minimum absolute atomic E-state index is 0.354. The molecule has 0 heterocycles. The van der Waals surface area contributed by atoms with Gasteiger partial charge in [-0.15, -0.1) is 0 Å². The Bertz CT molecular complexity index is 800. The zero-order chi connectivity index (χ0) is 18.9. The fourth-order valence-electron chi connectivity index (χ4n) is 2.10. The van der Waals surface area contributed by atoms with Crippen LogP contribution in [0.5, 0.6) is 5.75 Å². The summed E-state index contributed by atoms with van der Waals surface area (Å²) in [4.78, 5) is 23.6. The van der Waals surface area contributed by atoms with Crippen molar-refractivity contribution in [1.82, 2.24) is 0 Å². The third-order valence-electron chi connectivity index (χ3n) is 3.35. The van der Waals surface area contributed by atoms with Crippen LogP contribution in [0.1, 0.15) is 18.1 Å². The Morgan fingerprint density at radius 1 is 1.15 bits per heavy atom. The van der Waals surface area contributed by atoms with Gasteiger partial charge in [-0.1, -0.05) is 18.2 Å². The van der Waals surface area contributed by atoms with Gasteiger partial charge in [-0.05, 0) is 71.2 Å². The molecule has 0 bridgehead atoms. The summed E-state index contributed by atoms with van der Waals surface area (Å²) < 4.78 is 11.1. The topological polar surface area (TPSA) is 64.6 Å². The van der Waals surface area contributed by atoms with Crippen molar-refractivity contribution in [3.05, 3.63) is 64.1 Å². The lowest BCUT2D eigenvalue weighted by Crippen LogP contribution is -2.20. The van der Waals surface area contributed by atoms with Gasteiger partial charge in [0.1, 0.15) is 5.75 Å². The third kappa shape index (κ3) is 6.37. The lowest BCUT2D eigenvalue weighted by Gasteiger charge is -2.08. The lowest BCUT2D eigenvalue weighted by atomic mass is 10.2. The molecule has 0 saturated carbocycles. The van der Waals surface area contributed by atoms with Gasteiger partial charge in [0.15, 0.2) is 6.61 Å². The number of aryl methyl sites for hydroxylation is 1. The predicted octanol–water partition coefficient (Wildman–Crippen LogP) is 4.35. The summed E-state index contributed by atoms with van der Waals surface area (Å²) in [5.74, 6) is -0.222. The summed E-state index contributed by atoms with van der Waals surface area (Å²) in [5, 5.41) is 2.68. The van der Waals surface area contributed by atoms with Gasteiger partial charge in [0.05, 0.1) is 12.3 Å². The number of carbonyl (C=O) groups excluding carboxylic acids is 2. The molecule has 1 N–H and O–H groups in total. The van der Waals surface area contributed by atoms with Gasteiger partial charge in [0.25, 0.3) is 5.91 Å². The molecule has 0 aromatic heterocycles. The molecule has 6 heteroatoms. The van der Waals surface area contributed by atoms with E-state index < -0.39 is 11.9 Å². The minimum atomic E-state index is -0.586. The van der Waals surface area contributed by atoms with Crippen molar-refractivity contribution in [3.8, 4) is 5.75 Å². The van der Waals surface area contributed by atoms with Crippen LogP contribution in [-0.4, -0.2) is 25.1 Å². The van der Waals surface area contributed by atoms with Crippen LogP contribution in [0.3, 0.4) is 0 Å². The quantitative estimate of drug-likeness (QED) is 0.537. The normalized spacial score (nSPS) is 10.6. The van der Waals surface area contributed by atoms with E-state index in [9.17, 15) is 9.59 Å². The first-order valence-electron chi connectivity index (χ1n) is 8.11. The molecule has 2 aromatic rings. The summed E-state index contributed by atoms with van der Waals surface area (Å²) in [7, 11) is 0. The molecule has 2 aromatic carbocycles. The minimum Gasteiger partial charge on any atom is -0.494 e. The van der Waals surface area contributed by atoms with Crippen molar-refractivity contribution in [2.75, 3.05) is 18.5 Å². The number of hydrogen-bond donors (Lipinski definition) is 1. The average molecular weight is 418 g/mol. The maximum absolute atomic E-state index is 11.9. The Kier molecular flexibility index (Phi) is 7.41. The van der Waals surface area contributed by atoms with Crippen LogP contribution in [0.2, 0.25) is 0 Å². The molecule has 5 nitrogen and oxygen atoms in total. The average Bonchev–Trinajstić information content (AvgIpc) is 2.62. The Labute approximate surface area is 161 Å². The molecular formula is C20H20BrNO4. The number of esters is 1. The summed E-state index contributed by atoms with van der Waals surface area (Å²) in [6.07, 6.45) is 2.90. The van der Waals surface area contributed by atoms with Crippen molar-refractivity contribution in [1.29, 1.82) is 0 Å². The largest absolute Gasteiger partial charge is 0.494 e. The van der Waals surface area contributed by atoms with Gasteiger partial charge < -0.3 is 14.8 Å². The van der Waals surface area contributed by atoms with Gasteiger partial charge in [-0.2, -0.15) is 0 Å². The van der Waals surface area contributed by atoms with E-state index in [-0.39, 0.29) is 6.61 Å². The van der Waals surface area contributed by atoms with E-state index in [2.05, 4.69) is 21.2 Å². The SMILES string of the molecule is CCOc1ccc(/C=C/C(=O)OCC(=O)Nc2ccc(C)cc2Br)cc1. The first-order valence-corrected chi connectivity index (χ1v) is 8.91. The fourth-order valence-corrected chi connectivity index (χ4v) is 2.69. The summed E-state index contributed by atoms with van der Waals surface area (Å²) >= 11 is 3.38. The van der Waals surface area contributed by atoms with Crippen LogP contribution in [0.4, 0.5) is 5.69 Å². The number of anilines is 1. The molecule has 1 amide bonds. The number of hydrogen-bond acceptors (Lipinski definition) is 4. The first kappa shape index (κ1) is 19.7. The zero-order valence-electron chi connectivity index (χ0n) is 14.6. The molecule has 0 aliphatic carbocycles. The monoisotopic (exact) mass is 417 g/mol. The highest BCUT2D eigenvalue weighted by atomic mass is 79.9. The van der Waals surface area contributed by atoms with Crippen LogP contribution in [0.25, 0.3) is 6.08 Å². The summed E-state index contributed by atoms with van der Waals surface area (Å²) in [6, 6.07) is 12.9. The van der Waals surface area contributed by atoms with E-state index in [1.165, 1.54) is 6.08 Å². The number of amides is 1. The molecule has 2 rings (SSSR count). The number of rotatable bonds is 7. The highest BCUT2D eigenvalue weighted by Gasteiger charge is 2.08. The first-order chi connectivity index (χ1) is 12.5. The van der Waals surface area contributed by atoms with Crippen LogP contribution >= 0.6 is 15.9 Å². The highest BCUT2D eigenvalue weighted by molar-refractivity contribution is 9.10. The molecule has 0 aliphatic rings. The van der Waals surface area contributed by atoms with Crippen molar-refractivity contribution in [2.24, 2.45) is 0 Å². The molecule has 26 heavy (non-hydrogen) atoms. The summed E-state index contributed by atoms with van der Waals surface area (Å²) in [6.45, 7) is 4.11. The molecule has 0 fully saturated rings. The van der Waals surface area contributed by atoms with Crippen molar-refractivity contribution >= 4 is 39.6 Å². The molecule has 136 valence electrons. The predicted molar refractivity (Wildman–Crippen MR) is 105 cm³/mol. The molecule has 0 saturated heterocycles. The standard InChI is InChI=1S/C20H20BrNO4/c1-3-25-16-8-5-15(6-9-16)7-11-20(24)26-13-19(23)22-18-10-4-14(2)12-17(18)21/h4-12H,3,13H2,1-2H3,(H,22,23)/b11-7+. The summed E-state index contributed by atoms with van der Waals surface area (Å²) in [5.41, 5.74) is 2.53. The molecule has 0 spiro atoms. The smallest absolute Gasteiger partial charge is 0.331 e.